The van der Waals surface area contributed by atoms with Crippen molar-refractivity contribution in [2.45, 2.75) is 38.8 Å². The predicted octanol–water partition coefficient (Wildman–Crippen LogP) is 3.01. The van der Waals surface area contributed by atoms with Gasteiger partial charge in [-0.1, -0.05) is 43.2 Å². The summed E-state index contributed by atoms with van der Waals surface area (Å²) in [6.45, 7) is 3.13. The molecule has 2 aliphatic rings. The van der Waals surface area contributed by atoms with Crippen LogP contribution < -0.4 is 0 Å². The van der Waals surface area contributed by atoms with Gasteiger partial charge in [-0.15, -0.1) is 0 Å². The third-order valence-electron chi connectivity index (χ3n) is 5.90. The van der Waals surface area contributed by atoms with E-state index in [0.717, 1.165) is 38.0 Å². The van der Waals surface area contributed by atoms with Crippen molar-refractivity contribution in [3.63, 3.8) is 0 Å². The van der Waals surface area contributed by atoms with E-state index in [1.807, 2.05) is 29.1 Å². The van der Waals surface area contributed by atoms with Crippen LogP contribution >= 0.6 is 0 Å². The molecule has 2 fully saturated rings. The Balaban J connectivity index is 1.42. The molecule has 1 aromatic heterocycles. The summed E-state index contributed by atoms with van der Waals surface area (Å²) in [5.74, 6) is -0.835. The summed E-state index contributed by atoms with van der Waals surface area (Å²) >= 11 is 0. The van der Waals surface area contributed by atoms with Gasteiger partial charge < -0.3 is 5.11 Å². The lowest BCUT2D eigenvalue weighted by molar-refractivity contribution is -0.144. The fraction of sp³-hybridized carbons (Fsp3) is 0.500. The Morgan fingerprint density at radius 2 is 1.92 bits per heavy atom. The number of aromatic nitrogens is 2. The fourth-order valence-electron chi connectivity index (χ4n) is 4.72. The number of likely N-dealkylation sites (tertiary alicyclic amines) is 1. The molecular formula is C20H25N3O2. The molecule has 1 spiro atoms. The normalized spacial score (nSPS) is 22.6. The summed E-state index contributed by atoms with van der Waals surface area (Å²) in [5.41, 5.74) is 2.40. The van der Waals surface area contributed by atoms with E-state index >= 15 is 0 Å². The molecule has 1 atom stereocenters. The van der Waals surface area contributed by atoms with E-state index in [2.05, 4.69) is 28.3 Å². The van der Waals surface area contributed by atoms with Gasteiger partial charge in [-0.05, 0) is 23.8 Å². The van der Waals surface area contributed by atoms with E-state index in [1.54, 1.807) is 0 Å². The van der Waals surface area contributed by atoms with Crippen LogP contribution in [0.2, 0.25) is 0 Å². The average molecular weight is 339 g/mol. The highest BCUT2D eigenvalue weighted by atomic mass is 16.4. The van der Waals surface area contributed by atoms with Crippen molar-refractivity contribution in [1.29, 1.82) is 0 Å². The van der Waals surface area contributed by atoms with Crippen LogP contribution in [0.15, 0.2) is 42.7 Å². The second-order valence-corrected chi connectivity index (χ2v) is 7.66. The number of rotatable bonds is 5. The molecule has 1 aliphatic heterocycles. The summed E-state index contributed by atoms with van der Waals surface area (Å²) < 4.78 is 1.96. The lowest BCUT2D eigenvalue weighted by Gasteiger charge is -2.27. The zero-order valence-electron chi connectivity index (χ0n) is 14.5. The monoisotopic (exact) mass is 339 g/mol. The number of carbonyl (C=O) groups is 1. The molecule has 2 heterocycles. The molecule has 1 aromatic carbocycles. The predicted molar refractivity (Wildman–Crippen MR) is 95.1 cm³/mol. The van der Waals surface area contributed by atoms with E-state index in [1.165, 1.54) is 18.4 Å². The van der Waals surface area contributed by atoms with E-state index in [4.69, 9.17) is 0 Å². The third kappa shape index (κ3) is 3.33. The van der Waals surface area contributed by atoms with E-state index in [9.17, 15) is 9.90 Å². The average Bonchev–Trinajstić information content (AvgIpc) is 3.31. The molecule has 1 aliphatic carbocycles. The Bertz CT molecular complexity index is 734. The molecule has 1 N–H and O–H groups in total. The second kappa shape index (κ2) is 6.64. The van der Waals surface area contributed by atoms with Crippen molar-refractivity contribution in [3.8, 4) is 0 Å². The van der Waals surface area contributed by atoms with Crippen molar-refractivity contribution in [3.05, 3.63) is 53.9 Å². The van der Waals surface area contributed by atoms with Crippen molar-refractivity contribution >= 4 is 5.97 Å². The zero-order chi connectivity index (χ0) is 17.3. The first kappa shape index (κ1) is 16.3. The molecule has 1 unspecified atom stereocenters. The quantitative estimate of drug-likeness (QED) is 0.910. The lowest BCUT2D eigenvalue weighted by Crippen LogP contribution is -2.32. The number of hydrogen-bond donors (Lipinski definition) is 1. The van der Waals surface area contributed by atoms with Crippen LogP contribution in [0.3, 0.4) is 0 Å². The van der Waals surface area contributed by atoms with Gasteiger partial charge >= 0.3 is 5.97 Å². The summed E-state index contributed by atoms with van der Waals surface area (Å²) in [4.78, 5) is 14.0. The summed E-state index contributed by atoms with van der Waals surface area (Å²) in [7, 11) is 0. The van der Waals surface area contributed by atoms with E-state index in [-0.39, 0.29) is 11.3 Å². The van der Waals surface area contributed by atoms with Crippen molar-refractivity contribution < 1.29 is 9.90 Å². The van der Waals surface area contributed by atoms with Crippen molar-refractivity contribution in [2.24, 2.45) is 11.3 Å². The minimum Gasteiger partial charge on any atom is -0.481 e. The van der Waals surface area contributed by atoms with Crippen LogP contribution in [0.4, 0.5) is 0 Å². The highest BCUT2D eigenvalue weighted by Gasteiger charge is 2.51. The molecule has 5 nitrogen and oxygen atoms in total. The Morgan fingerprint density at radius 3 is 2.64 bits per heavy atom. The van der Waals surface area contributed by atoms with Crippen LogP contribution in [0.1, 0.15) is 36.8 Å². The van der Waals surface area contributed by atoms with E-state index < -0.39 is 5.97 Å². The van der Waals surface area contributed by atoms with Crippen LogP contribution in [0.25, 0.3) is 0 Å². The molecule has 25 heavy (non-hydrogen) atoms. The number of carboxylic acids is 1. The topological polar surface area (TPSA) is 58.4 Å². The van der Waals surface area contributed by atoms with Gasteiger partial charge in [0.05, 0.1) is 18.7 Å². The molecule has 5 heteroatoms. The van der Waals surface area contributed by atoms with Gasteiger partial charge in [-0.3, -0.25) is 14.4 Å². The minimum atomic E-state index is -0.621. The van der Waals surface area contributed by atoms with Crippen LogP contribution in [-0.4, -0.2) is 38.8 Å². The summed E-state index contributed by atoms with van der Waals surface area (Å²) in [6.07, 6.45) is 8.47. The molecular weight excluding hydrogens is 314 g/mol. The van der Waals surface area contributed by atoms with Gasteiger partial charge in [0.2, 0.25) is 0 Å². The van der Waals surface area contributed by atoms with Crippen molar-refractivity contribution in [1.82, 2.24) is 14.7 Å². The molecule has 0 bridgehead atoms. The number of hydrogen-bond acceptors (Lipinski definition) is 3. The number of carboxylic acid groups (broad SMARTS) is 1. The molecule has 132 valence electrons. The highest BCUT2D eigenvalue weighted by molar-refractivity contribution is 5.72. The lowest BCUT2D eigenvalue weighted by atomic mass is 9.77. The van der Waals surface area contributed by atoms with Gasteiger partial charge in [0.25, 0.3) is 0 Å². The first-order valence-corrected chi connectivity index (χ1v) is 9.15. The zero-order valence-corrected chi connectivity index (χ0v) is 14.5. The maximum Gasteiger partial charge on any atom is 0.308 e. The standard InChI is InChI=1S/C20H25N3O2/c24-19(25)18-14-22(15-20(18)8-4-5-9-20)11-17-10-21-23(13-17)12-16-6-2-1-3-7-16/h1-3,6-7,10,13,18H,4-5,8-9,11-12,14-15H2,(H,24,25). The van der Waals surface area contributed by atoms with Gasteiger partial charge in [0.15, 0.2) is 0 Å². The van der Waals surface area contributed by atoms with Crippen LogP contribution in [0.5, 0.6) is 0 Å². The molecule has 2 aromatic rings. The first-order valence-electron chi connectivity index (χ1n) is 9.15. The van der Waals surface area contributed by atoms with Gasteiger partial charge in [0.1, 0.15) is 0 Å². The fourth-order valence-corrected chi connectivity index (χ4v) is 4.72. The number of benzene rings is 1. The molecule has 1 saturated heterocycles. The molecule has 1 saturated carbocycles. The van der Waals surface area contributed by atoms with Crippen LogP contribution in [0, 0.1) is 11.3 Å². The highest BCUT2D eigenvalue weighted by Crippen LogP contribution is 2.49. The molecule has 0 radical (unpaired) electrons. The van der Waals surface area contributed by atoms with Gasteiger partial charge in [-0.2, -0.15) is 5.10 Å². The van der Waals surface area contributed by atoms with Gasteiger partial charge in [0, 0.05) is 31.4 Å². The first-order chi connectivity index (χ1) is 12.1. The number of aliphatic carboxylic acids is 1. The number of nitrogens with zero attached hydrogens (tertiary/aromatic N) is 3. The Labute approximate surface area is 148 Å². The maximum absolute atomic E-state index is 11.7. The van der Waals surface area contributed by atoms with Crippen LogP contribution in [-0.2, 0) is 17.9 Å². The second-order valence-electron chi connectivity index (χ2n) is 7.66. The summed E-state index contributed by atoms with van der Waals surface area (Å²) in [5, 5.41) is 14.1. The Kier molecular flexibility index (Phi) is 4.34. The third-order valence-corrected chi connectivity index (χ3v) is 5.90. The largest absolute Gasteiger partial charge is 0.481 e. The van der Waals surface area contributed by atoms with E-state index in [0.29, 0.717) is 6.54 Å². The SMILES string of the molecule is O=C(O)C1CN(Cc2cnn(Cc3ccccc3)c2)CC12CCCC2. The minimum absolute atomic E-state index is 0.00582. The van der Waals surface area contributed by atoms with Gasteiger partial charge in [-0.25, -0.2) is 0 Å². The van der Waals surface area contributed by atoms with Crippen molar-refractivity contribution in [2.75, 3.05) is 13.1 Å². The maximum atomic E-state index is 11.7. The molecule has 0 amide bonds. The smallest absolute Gasteiger partial charge is 0.308 e. The Morgan fingerprint density at radius 1 is 1.16 bits per heavy atom. The Hall–Kier alpha value is -2.14. The summed E-state index contributed by atoms with van der Waals surface area (Å²) in [6, 6.07) is 10.3. The molecule has 4 rings (SSSR count).